The van der Waals surface area contributed by atoms with E-state index in [1.165, 1.54) is 18.2 Å². The number of allylic oxidation sites excluding steroid dienone is 5. The molecule has 1 rings (SSSR count). The van der Waals surface area contributed by atoms with Crippen molar-refractivity contribution in [3.8, 4) is 0 Å². The molecule has 0 bridgehead atoms. The second-order valence-electron chi connectivity index (χ2n) is 4.49. The Hall–Kier alpha value is -2.49. The number of amides is 2. The van der Waals surface area contributed by atoms with Crippen LogP contribution in [0, 0.1) is 5.92 Å². The molecular formula is C20H33NO3. The molecule has 0 N–H and O–H groups in total. The third kappa shape index (κ3) is 14.4. The molecule has 0 aromatic heterocycles. The zero-order valence-electron chi connectivity index (χ0n) is 14.9. The molecule has 4 heteroatoms. The molecular weight excluding hydrogens is 302 g/mol. The lowest BCUT2D eigenvalue weighted by molar-refractivity contribution is -0.134. The van der Waals surface area contributed by atoms with Crippen LogP contribution in [0.25, 0.3) is 0 Å². The van der Waals surface area contributed by atoms with E-state index in [-0.39, 0.29) is 19.2 Å². The highest BCUT2D eigenvalue weighted by molar-refractivity contribution is 6.14. The number of carbonyl (C=O) groups excluding carboxylic acids is 3. The Balaban J connectivity index is -0.000000191. The average molecular weight is 335 g/mol. The van der Waals surface area contributed by atoms with E-state index in [9.17, 15) is 9.59 Å². The first-order valence-electron chi connectivity index (χ1n) is 7.40. The van der Waals surface area contributed by atoms with Gasteiger partial charge in [0, 0.05) is 12.2 Å². The first-order chi connectivity index (χ1) is 10.9. The van der Waals surface area contributed by atoms with E-state index in [4.69, 9.17) is 4.79 Å². The Morgan fingerprint density at radius 2 is 1.38 bits per heavy atom. The highest BCUT2D eigenvalue weighted by Crippen LogP contribution is 2.13. The van der Waals surface area contributed by atoms with Gasteiger partial charge in [-0.2, -0.15) is 0 Å². The molecule has 2 amide bonds. The van der Waals surface area contributed by atoms with Crippen molar-refractivity contribution in [3.05, 3.63) is 61.4 Å². The summed E-state index contributed by atoms with van der Waals surface area (Å²) in [5.74, 6) is 0.135. The normalized spacial score (nSPS) is 12.2. The lowest BCUT2D eigenvalue weighted by Gasteiger charge is -2.13. The van der Waals surface area contributed by atoms with Gasteiger partial charge in [0.05, 0.1) is 5.70 Å². The molecule has 0 spiro atoms. The Morgan fingerprint density at radius 1 is 1.00 bits per heavy atom. The van der Waals surface area contributed by atoms with E-state index in [1.54, 1.807) is 24.3 Å². The van der Waals surface area contributed by atoms with Gasteiger partial charge in [-0.1, -0.05) is 73.4 Å². The maximum Gasteiger partial charge on any atom is 0.258 e. The van der Waals surface area contributed by atoms with Crippen molar-refractivity contribution >= 4 is 18.6 Å². The Kier molecular flexibility index (Phi) is 25.2. The minimum Gasteiger partial charge on any atom is -0.307 e. The summed E-state index contributed by atoms with van der Waals surface area (Å²) < 4.78 is 0. The van der Waals surface area contributed by atoms with Crippen molar-refractivity contribution in [1.29, 1.82) is 0 Å². The molecule has 0 radical (unpaired) electrons. The van der Waals surface area contributed by atoms with Crippen LogP contribution >= 0.6 is 0 Å². The summed E-state index contributed by atoms with van der Waals surface area (Å²) in [6.07, 6.45) is 10.5. The van der Waals surface area contributed by atoms with Crippen LogP contribution in [0.2, 0.25) is 0 Å². The highest BCUT2D eigenvalue weighted by Gasteiger charge is 2.24. The summed E-state index contributed by atoms with van der Waals surface area (Å²) in [5, 5.41) is 0. The van der Waals surface area contributed by atoms with Crippen molar-refractivity contribution in [2.24, 2.45) is 5.92 Å². The topological polar surface area (TPSA) is 54.5 Å². The predicted octanol–water partition coefficient (Wildman–Crippen LogP) is 4.86. The number of imide groups is 1. The third-order valence-electron chi connectivity index (χ3n) is 1.79. The number of rotatable bonds is 4. The van der Waals surface area contributed by atoms with Crippen molar-refractivity contribution < 1.29 is 14.4 Å². The zero-order chi connectivity index (χ0) is 18.8. The molecule has 0 saturated heterocycles. The molecule has 1 aliphatic rings. The van der Waals surface area contributed by atoms with Crippen molar-refractivity contribution in [2.45, 2.75) is 42.0 Å². The fourth-order valence-corrected chi connectivity index (χ4v) is 1.12. The number of carbonyl (C=O) groups is 3. The van der Waals surface area contributed by atoms with Crippen molar-refractivity contribution in [2.75, 3.05) is 0 Å². The van der Waals surface area contributed by atoms with Gasteiger partial charge in [0.25, 0.3) is 11.8 Å². The van der Waals surface area contributed by atoms with Gasteiger partial charge in [0.1, 0.15) is 6.79 Å². The third-order valence-corrected chi connectivity index (χ3v) is 1.79. The van der Waals surface area contributed by atoms with Crippen molar-refractivity contribution in [3.63, 3.8) is 0 Å². The monoisotopic (exact) mass is 335 g/mol. The van der Waals surface area contributed by atoms with E-state index >= 15 is 0 Å². The quantitative estimate of drug-likeness (QED) is 0.544. The van der Waals surface area contributed by atoms with Gasteiger partial charge in [-0.25, -0.2) is 4.90 Å². The van der Waals surface area contributed by atoms with Crippen LogP contribution in [0.15, 0.2) is 61.4 Å². The van der Waals surface area contributed by atoms with Crippen LogP contribution in [-0.2, 0) is 14.4 Å². The Bertz CT molecular complexity index is 437. The van der Waals surface area contributed by atoms with E-state index in [2.05, 4.69) is 33.9 Å². The Morgan fingerprint density at radius 3 is 1.67 bits per heavy atom. The summed E-state index contributed by atoms with van der Waals surface area (Å²) in [5.41, 5.74) is 0.452. The summed E-state index contributed by atoms with van der Waals surface area (Å²) in [6.45, 7) is 19.6. The molecule has 4 nitrogen and oxygen atoms in total. The minimum absolute atomic E-state index is 0. The summed E-state index contributed by atoms with van der Waals surface area (Å²) in [4.78, 5) is 31.7. The summed E-state index contributed by atoms with van der Waals surface area (Å²) >= 11 is 0. The minimum atomic E-state index is -0.349. The number of hydrogen-bond acceptors (Lipinski definition) is 3. The molecule has 0 fully saturated rings. The van der Waals surface area contributed by atoms with Gasteiger partial charge < -0.3 is 4.79 Å². The first-order valence-corrected chi connectivity index (χ1v) is 7.40. The molecule has 0 aromatic carbocycles. The smallest absolute Gasteiger partial charge is 0.258 e. The molecule has 0 aliphatic carbocycles. The van der Waals surface area contributed by atoms with Gasteiger partial charge >= 0.3 is 0 Å². The van der Waals surface area contributed by atoms with Gasteiger partial charge in [-0.3, -0.25) is 9.59 Å². The second-order valence-corrected chi connectivity index (χ2v) is 4.49. The van der Waals surface area contributed by atoms with E-state index in [0.717, 1.165) is 10.8 Å². The van der Waals surface area contributed by atoms with Crippen LogP contribution in [-0.4, -0.2) is 23.5 Å². The number of hydrogen-bond donors (Lipinski definition) is 0. The predicted molar refractivity (Wildman–Crippen MR) is 104 cm³/mol. The second kappa shape index (κ2) is 20.5. The van der Waals surface area contributed by atoms with Gasteiger partial charge in [0.2, 0.25) is 0 Å². The molecule has 0 saturated carbocycles. The number of nitrogens with zero attached hydrogens (tertiary/aromatic N) is 1. The van der Waals surface area contributed by atoms with Gasteiger partial charge in [-0.15, -0.1) is 0 Å². The fourth-order valence-electron chi connectivity index (χ4n) is 1.12. The molecule has 0 aromatic rings. The van der Waals surface area contributed by atoms with E-state index < -0.39 is 0 Å². The van der Waals surface area contributed by atoms with Crippen LogP contribution in [0.1, 0.15) is 42.0 Å². The fraction of sp³-hybridized carbons (Fsp3) is 0.350. The van der Waals surface area contributed by atoms with Crippen LogP contribution in [0.4, 0.5) is 0 Å². The molecule has 0 atom stereocenters. The average Bonchev–Trinajstić information content (AvgIpc) is 2.87. The molecule has 1 heterocycles. The first kappa shape index (κ1) is 29.5. The maximum absolute atomic E-state index is 11.3. The zero-order valence-corrected chi connectivity index (χ0v) is 14.9. The standard InChI is InChI=1S/C12H11NO2.C4H10.C2H6.CH2O.CH4/c1-3-5-6-7-10(4-2)13-11(14)8-9-12(13)15;1-4(2)3;2*1-2;/h3-9H,1-2H2;4H,1-3H3;1-2H3;1H2;1H4/b6-5-,10-7+;;;;. The van der Waals surface area contributed by atoms with Crippen LogP contribution < -0.4 is 0 Å². The van der Waals surface area contributed by atoms with Crippen LogP contribution in [0.5, 0.6) is 0 Å². The van der Waals surface area contributed by atoms with Gasteiger partial charge in [-0.05, 0) is 18.1 Å². The van der Waals surface area contributed by atoms with Crippen LogP contribution in [0.3, 0.4) is 0 Å². The summed E-state index contributed by atoms with van der Waals surface area (Å²) in [6, 6.07) is 0. The van der Waals surface area contributed by atoms with E-state index in [1.807, 2.05) is 20.6 Å². The lowest BCUT2D eigenvalue weighted by atomic mass is 10.3. The molecule has 0 unspecified atom stereocenters. The maximum atomic E-state index is 11.3. The lowest BCUT2D eigenvalue weighted by Crippen LogP contribution is -2.28. The molecule has 136 valence electrons. The van der Waals surface area contributed by atoms with E-state index in [0.29, 0.717) is 5.70 Å². The van der Waals surface area contributed by atoms with Crippen molar-refractivity contribution in [1.82, 2.24) is 4.90 Å². The Labute approximate surface area is 147 Å². The molecule has 24 heavy (non-hydrogen) atoms. The SMILES string of the molecule is C.C=C/C=C\C=C(/C=C)N1C(=O)C=CC1=O.C=O.CC.CC(C)C. The largest absolute Gasteiger partial charge is 0.307 e. The van der Waals surface area contributed by atoms with Gasteiger partial charge in [0.15, 0.2) is 0 Å². The summed E-state index contributed by atoms with van der Waals surface area (Å²) in [7, 11) is 0. The molecule has 1 aliphatic heterocycles. The highest BCUT2D eigenvalue weighted by atomic mass is 16.2.